The summed E-state index contributed by atoms with van der Waals surface area (Å²) in [7, 11) is 3.25. The van der Waals surface area contributed by atoms with Gasteiger partial charge in [0.05, 0.1) is 23.1 Å². The minimum atomic E-state index is -0.297. The number of halogens is 1. The monoisotopic (exact) mass is 292 g/mol. The third-order valence-electron chi connectivity index (χ3n) is 2.75. The fourth-order valence-corrected chi connectivity index (χ4v) is 1.95. The molecule has 6 nitrogen and oxygen atoms in total. The van der Waals surface area contributed by atoms with Crippen LogP contribution in [0.5, 0.6) is 0 Å². The predicted molar refractivity (Wildman–Crippen MR) is 76.0 cm³/mol. The average Bonchev–Trinajstić information content (AvgIpc) is 2.84. The number of nitrogens with one attached hydrogen (secondary N) is 2. The number of hydrogen-bond donors (Lipinski definition) is 2. The van der Waals surface area contributed by atoms with E-state index < -0.39 is 0 Å². The Morgan fingerprint density at radius 1 is 1.30 bits per heavy atom. The topological polar surface area (TPSA) is 76.0 Å². The van der Waals surface area contributed by atoms with Gasteiger partial charge in [-0.15, -0.1) is 0 Å². The van der Waals surface area contributed by atoms with Crippen molar-refractivity contribution in [3.05, 3.63) is 47.0 Å². The van der Waals surface area contributed by atoms with Gasteiger partial charge < -0.3 is 15.2 Å². The summed E-state index contributed by atoms with van der Waals surface area (Å²) in [6, 6.07) is 4.70. The summed E-state index contributed by atoms with van der Waals surface area (Å²) in [4.78, 5) is 27.4. The van der Waals surface area contributed by atoms with Crippen LogP contribution in [-0.2, 0) is 7.05 Å². The molecule has 0 saturated heterocycles. The first kappa shape index (κ1) is 14.1. The average molecular weight is 293 g/mol. The highest BCUT2D eigenvalue weighted by atomic mass is 35.5. The number of imidazole rings is 1. The van der Waals surface area contributed by atoms with E-state index in [4.69, 9.17) is 11.6 Å². The van der Waals surface area contributed by atoms with Gasteiger partial charge in [0.1, 0.15) is 5.69 Å². The summed E-state index contributed by atoms with van der Waals surface area (Å²) in [5, 5.41) is 5.45. The number of aromatic nitrogens is 2. The highest BCUT2D eigenvalue weighted by Gasteiger charge is 2.13. The Hall–Kier alpha value is -2.34. The van der Waals surface area contributed by atoms with Crippen molar-refractivity contribution in [2.45, 2.75) is 0 Å². The number of rotatable bonds is 3. The first-order valence-corrected chi connectivity index (χ1v) is 6.20. The second-order valence-corrected chi connectivity index (χ2v) is 4.52. The van der Waals surface area contributed by atoms with Gasteiger partial charge in [0, 0.05) is 19.8 Å². The summed E-state index contributed by atoms with van der Waals surface area (Å²) in [6.45, 7) is 0. The van der Waals surface area contributed by atoms with Crippen molar-refractivity contribution in [1.29, 1.82) is 0 Å². The molecule has 7 heteroatoms. The summed E-state index contributed by atoms with van der Waals surface area (Å²) >= 11 is 6.01. The molecule has 0 atom stereocenters. The van der Waals surface area contributed by atoms with Crippen molar-refractivity contribution in [1.82, 2.24) is 14.9 Å². The summed E-state index contributed by atoms with van der Waals surface area (Å²) < 4.78 is 1.61. The zero-order valence-corrected chi connectivity index (χ0v) is 11.7. The maximum Gasteiger partial charge on any atom is 0.273 e. The predicted octanol–water partition coefficient (Wildman–Crippen LogP) is 1.69. The molecule has 2 N–H and O–H groups in total. The fraction of sp³-hybridized carbons (Fsp3) is 0.154. The molecule has 0 saturated carbocycles. The molecule has 0 unspecified atom stereocenters. The number of amides is 2. The van der Waals surface area contributed by atoms with Gasteiger partial charge in [0.15, 0.2) is 0 Å². The van der Waals surface area contributed by atoms with Crippen molar-refractivity contribution < 1.29 is 9.59 Å². The number of nitrogens with zero attached hydrogens (tertiary/aromatic N) is 2. The van der Waals surface area contributed by atoms with Crippen LogP contribution in [0.4, 0.5) is 5.69 Å². The molecule has 1 heterocycles. The zero-order valence-electron chi connectivity index (χ0n) is 11.0. The van der Waals surface area contributed by atoms with Crippen molar-refractivity contribution in [2.24, 2.45) is 7.05 Å². The number of hydrogen-bond acceptors (Lipinski definition) is 3. The number of anilines is 1. The maximum atomic E-state index is 12.0. The van der Waals surface area contributed by atoms with E-state index in [-0.39, 0.29) is 16.8 Å². The molecule has 1 aromatic carbocycles. The van der Waals surface area contributed by atoms with Gasteiger partial charge >= 0.3 is 0 Å². The summed E-state index contributed by atoms with van der Waals surface area (Å²) in [5.74, 6) is -0.576. The van der Waals surface area contributed by atoms with Crippen LogP contribution in [-0.4, -0.2) is 28.4 Å². The fourth-order valence-electron chi connectivity index (χ4n) is 1.68. The Balaban J connectivity index is 2.19. The third kappa shape index (κ3) is 2.80. The molecule has 0 aliphatic heterocycles. The molecular formula is C13H13ClN4O2. The highest BCUT2D eigenvalue weighted by molar-refractivity contribution is 6.34. The molecule has 0 aliphatic rings. The molecule has 2 amide bonds. The zero-order chi connectivity index (χ0) is 14.7. The van der Waals surface area contributed by atoms with Crippen LogP contribution in [0.3, 0.4) is 0 Å². The standard InChI is InChI=1S/C13H13ClN4O2/c1-15-12(19)9-4-3-8(5-10(9)14)17-13(20)11-6-16-7-18(11)2/h3-7H,1-2H3,(H,15,19)(H,17,20). The van der Waals surface area contributed by atoms with E-state index in [1.165, 1.54) is 25.6 Å². The van der Waals surface area contributed by atoms with Gasteiger partial charge in [-0.1, -0.05) is 11.6 Å². The molecule has 104 valence electrons. The highest BCUT2D eigenvalue weighted by Crippen LogP contribution is 2.21. The van der Waals surface area contributed by atoms with E-state index >= 15 is 0 Å². The number of aryl methyl sites for hydroxylation is 1. The van der Waals surface area contributed by atoms with Crippen LogP contribution in [0, 0.1) is 0 Å². The van der Waals surface area contributed by atoms with Crippen molar-refractivity contribution in [3.63, 3.8) is 0 Å². The molecule has 0 spiro atoms. The maximum absolute atomic E-state index is 12.0. The van der Waals surface area contributed by atoms with Crippen molar-refractivity contribution in [2.75, 3.05) is 12.4 Å². The first-order chi connectivity index (χ1) is 9.52. The van der Waals surface area contributed by atoms with E-state index in [1.54, 1.807) is 23.7 Å². The number of carbonyl (C=O) groups is 2. The molecular weight excluding hydrogens is 280 g/mol. The van der Waals surface area contributed by atoms with E-state index in [0.717, 1.165) is 0 Å². The van der Waals surface area contributed by atoms with Crippen LogP contribution in [0.2, 0.25) is 5.02 Å². The summed E-state index contributed by atoms with van der Waals surface area (Å²) in [6.07, 6.45) is 3.01. The lowest BCUT2D eigenvalue weighted by atomic mass is 10.2. The second-order valence-electron chi connectivity index (χ2n) is 4.12. The Morgan fingerprint density at radius 2 is 2.05 bits per heavy atom. The minimum absolute atomic E-state index is 0.271. The first-order valence-electron chi connectivity index (χ1n) is 5.82. The van der Waals surface area contributed by atoms with Crippen LogP contribution in [0.15, 0.2) is 30.7 Å². The van der Waals surface area contributed by atoms with Crippen molar-refractivity contribution >= 4 is 29.1 Å². The van der Waals surface area contributed by atoms with Crippen LogP contribution < -0.4 is 10.6 Å². The van der Waals surface area contributed by atoms with E-state index in [2.05, 4.69) is 15.6 Å². The van der Waals surface area contributed by atoms with E-state index in [9.17, 15) is 9.59 Å². The van der Waals surface area contributed by atoms with Gasteiger partial charge in [0.2, 0.25) is 0 Å². The Morgan fingerprint density at radius 3 is 2.60 bits per heavy atom. The van der Waals surface area contributed by atoms with E-state index in [1.807, 2.05) is 0 Å². The SMILES string of the molecule is CNC(=O)c1ccc(NC(=O)c2cncn2C)cc1Cl. The Labute approximate surface area is 120 Å². The lowest BCUT2D eigenvalue weighted by Gasteiger charge is -2.08. The molecule has 20 heavy (non-hydrogen) atoms. The molecule has 0 radical (unpaired) electrons. The van der Waals surface area contributed by atoms with Crippen molar-refractivity contribution in [3.8, 4) is 0 Å². The third-order valence-corrected chi connectivity index (χ3v) is 3.06. The number of carbonyl (C=O) groups excluding carboxylic acids is 2. The molecule has 0 aliphatic carbocycles. The lowest BCUT2D eigenvalue weighted by Crippen LogP contribution is -2.19. The molecule has 2 aromatic rings. The molecule has 0 fully saturated rings. The van der Waals surface area contributed by atoms with Crippen LogP contribution in [0.1, 0.15) is 20.8 Å². The van der Waals surface area contributed by atoms with Gasteiger partial charge in [-0.3, -0.25) is 9.59 Å². The number of benzene rings is 1. The molecule has 2 rings (SSSR count). The smallest absolute Gasteiger partial charge is 0.273 e. The molecule has 0 bridgehead atoms. The van der Waals surface area contributed by atoms with E-state index in [0.29, 0.717) is 16.9 Å². The molecule has 1 aromatic heterocycles. The lowest BCUT2D eigenvalue weighted by molar-refractivity contribution is 0.0962. The quantitative estimate of drug-likeness (QED) is 0.904. The minimum Gasteiger partial charge on any atom is -0.355 e. The Bertz CT molecular complexity index is 666. The van der Waals surface area contributed by atoms with Gasteiger partial charge in [-0.05, 0) is 18.2 Å². The van der Waals surface area contributed by atoms with Crippen LogP contribution >= 0.6 is 11.6 Å². The van der Waals surface area contributed by atoms with Gasteiger partial charge in [-0.25, -0.2) is 4.98 Å². The normalized spacial score (nSPS) is 10.2. The largest absolute Gasteiger partial charge is 0.355 e. The Kier molecular flexibility index (Phi) is 4.05. The van der Waals surface area contributed by atoms with Crippen LogP contribution in [0.25, 0.3) is 0 Å². The van der Waals surface area contributed by atoms with Gasteiger partial charge in [-0.2, -0.15) is 0 Å². The summed E-state index contributed by atoms with van der Waals surface area (Å²) in [5.41, 5.74) is 1.29. The van der Waals surface area contributed by atoms with Gasteiger partial charge in [0.25, 0.3) is 11.8 Å². The second kappa shape index (κ2) is 5.75.